The minimum absolute atomic E-state index is 0.00894. The van der Waals surface area contributed by atoms with E-state index in [1.165, 1.54) is 12.1 Å². The van der Waals surface area contributed by atoms with E-state index in [4.69, 9.17) is 5.11 Å². The lowest BCUT2D eigenvalue weighted by Crippen LogP contribution is -2.19. The molecule has 1 unspecified atom stereocenters. The predicted molar refractivity (Wildman–Crippen MR) is 69.5 cm³/mol. The molecule has 0 aromatic heterocycles. The number of nitrogens with one attached hydrogen (secondary N) is 1. The Balaban J connectivity index is 2.75. The van der Waals surface area contributed by atoms with E-state index in [1.54, 1.807) is 26.0 Å². The van der Waals surface area contributed by atoms with Crippen LogP contribution in [0.2, 0.25) is 0 Å². The molecule has 1 rings (SSSR count). The smallest absolute Gasteiger partial charge is 0.305 e. The molecule has 18 heavy (non-hydrogen) atoms. The normalized spacial score (nSPS) is 13.0. The zero-order chi connectivity index (χ0) is 13.8. The Morgan fingerprint density at radius 1 is 1.33 bits per heavy atom. The third-order valence-corrected chi connectivity index (χ3v) is 4.24. The molecule has 0 saturated heterocycles. The van der Waals surface area contributed by atoms with Gasteiger partial charge < -0.3 is 10.4 Å². The first-order valence-electron chi connectivity index (χ1n) is 5.66. The van der Waals surface area contributed by atoms with Gasteiger partial charge in [0, 0.05) is 11.7 Å². The molecule has 1 aromatic carbocycles. The number of anilines is 1. The van der Waals surface area contributed by atoms with Crippen LogP contribution in [0.15, 0.2) is 29.2 Å². The van der Waals surface area contributed by atoms with Crippen LogP contribution in [0.3, 0.4) is 0 Å². The van der Waals surface area contributed by atoms with Gasteiger partial charge in [-0.25, -0.2) is 8.42 Å². The number of hydrogen-bond acceptors (Lipinski definition) is 4. The Kier molecular flexibility index (Phi) is 4.72. The van der Waals surface area contributed by atoms with Crippen molar-refractivity contribution in [2.24, 2.45) is 0 Å². The SMILES string of the molecule is CCS(=O)(=O)c1ccc(NC(C)CC(=O)O)cc1. The molecule has 0 radical (unpaired) electrons. The second kappa shape index (κ2) is 5.86. The molecule has 100 valence electrons. The molecule has 0 fully saturated rings. The molecule has 0 spiro atoms. The highest BCUT2D eigenvalue weighted by atomic mass is 32.2. The third kappa shape index (κ3) is 4.03. The highest BCUT2D eigenvalue weighted by Crippen LogP contribution is 2.16. The first-order chi connectivity index (χ1) is 8.35. The maximum Gasteiger partial charge on any atom is 0.305 e. The molecule has 0 bridgehead atoms. The van der Waals surface area contributed by atoms with E-state index in [9.17, 15) is 13.2 Å². The van der Waals surface area contributed by atoms with E-state index in [-0.39, 0.29) is 23.1 Å². The highest BCUT2D eigenvalue weighted by Gasteiger charge is 2.11. The maximum atomic E-state index is 11.6. The lowest BCUT2D eigenvalue weighted by molar-refractivity contribution is -0.137. The van der Waals surface area contributed by atoms with Crippen LogP contribution in [-0.4, -0.2) is 31.3 Å². The summed E-state index contributed by atoms with van der Waals surface area (Å²) >= 11 is 0. The molecule has 0 amide bonds. The molecule has 0 aliphatic heterocycles. The lowest BCUT2D eigenvalue weighted by atomic mass is 10.2. The van der Waals surface area contributed by atoms with Crippen molar-refractivity contribution >= 4 is 21.5 Å². The summed E-state index contributed by atoms with van der Waals surface area (Å²) in [4.78, 5) is 10.8. The first kappa shape index (κ1) is 14.5. The summed E-state index contributed by atoms with van der Waals surface area (Å²) in [6.07, 6.45) is 0.00894. The van der Waals surface area contributed by atoms with Gasteiger partial charge in [0.2, 0.25) is 0 Å². The van der Waals surface area contributed by atoms with E-state index in [1.807, 2.05) is 0 Å². The van der Waals surface area contributed by atoms with Gasteiger partial charge in [-0.3, -0.25) is 4.79 Å². The summed E-state index contributed by atoms with van der Waals surface area (Å²) in [5.41, 5.74) is 0.707. The van der Waals surface area contributed by atoms with E-state index in [2.05, 4.69) is 5.32 Å². The molecule has 6 heteroatoms. The molecule has 5 nitrogen and oxygen atoms in total. The van der Waals surface area contributed by atoms with E-state index in [0.717, 1.165) is 0 Å². The highest BCUT2D eigenvalue weighted by molar-refractivity contribution is 7.91. The number of sulfone groups is 1. The van der Waals surface area contributed by atoms with Gasteiger partial charge in [0.15, 0.2) is 9.84 Å². The average Bonchev–Trinajstić information content (AvgIpc) is 2.28. The van der Waals surface area contributed by atoms with Crippen LogP contribution < -0.4 is 5.32 Å². The van der Waals surface area contributed by atoms with Crippen LogP contribution in [-0.2, 0) is 14.6 Å². The monoisotopic (exact) mass is 271 g/mol. The number of carboxylic acids is 1. The van der Waals surface area contributed by atoms with Crippen molar-refractivity contribution in [3.8, 4) is 0 Å². The van der Waals surface area contributed by atoms with E-state index >= 15 is 0 Å². The fourth-order valence-corrected chi connectivity index (χ4v) is 2.41. The van der Waals surface area contributed by atoms with Crippen molar-refractivity contribution in [3.05, 3.63) is 24.3 Å². The first-order valence-corrected chi connectivity index (χ1v) is 7.31. The van der Waals surface area contributed by atoms with Crippen molar-refractivity contribution in [2.45, 2.75) is 31.2 Å². The van der Waals surface area contributed by atoms with Crippen molar-refractivity contribution in [3.63, 3.8) is 0 Å². The predicted octanol–water partition coefficient (Wildman–Crippen LogP) is 1.76. The van der Waals surface area contributed by atoms with Gasteiger partial charge in [-0.1, -0.05) is 6.92 Å². The summed E-state index contributed by atoms with van der Waals surface area (Å²) in [5, 5.41) is 11.6. The quantitative estimate of drug-likeness (QED) is 0.823. The van der Waals surface area contributed by atoms with Crippen LogP contribution >= 0.6 is 0 Å². The van der Waals surface area contributed by atoms with Crippen molar-refractivity contribution in [1.29, 1.82) is 0 Å². The zero-order valence-electron chi connectivity index (χ0n) is 10.4. The zero-order valence-corrected chi connectivity index (χ0v) is 11.2. The third-order valence-electron chi connectivity index (χ3n) is 2.49. The Labute approximate surface area is 107 Å². The fourth-order valence-electron chi connectivity index (χ4n) is 1.52. The molecule has 1 aromatic rings. The van der Waals surface area contributed by atoms with Crippen molar-refractivity contribution in [1.82, 2.24) is 0 Å². The molecule has 0 heterocycles. The number of benzene rings is 1. The molecular weight excluding hydrogens is 254 g/mol. The van der Waals surface area contributed by atoms with Gasteiger partial charge in [0.25, 0.3) is 0 Å². The second-order valence-corrected chi connectivity index (χ2v) is 6.35. The Hall–Kier alpha value is -1.56. The number of rotatable bonds is 6. The van der Waals surface area contributed by atoms with Gasteiger partial charge in [-0.2, -0.15) is 0 Å². The fraction of sp³-hybridized carbons (Fsp3) is 0.417. The van der Waals surface area contributed by atoms with Crippen LogP contribution in [0, 0.1) is 0 Å². The van der Waals surface area contributed by atoms with Gasteiger partial charge in [-0.05, 0) is 31.2 Å². The van der Waals surface area contributed by atoms with Gasteiger partial charge >= 0.3 is 5.97 Å². The Morgan fingerprint density at radius 3 is 2.33 bits per heavy atom. The molecular formula is C12H17NO4S. The summed E-state index contributed by atoms with van der Waals surface area (Å²) < 4.78 is 23.2. The summed E-state index contributed by atoms with van der Waals surface area (Å²) in [6.45, 7) is 3.35. The van der Waals surface area contributed by atoms with Crippen molar-refractivity contribution in [2.75, 3.05) is 11.1 Å². The van der Waals surface area contributed by atoms with Crippen LogP contribution in [0.25, 0.3) is 0 Å². The van der Waals surface area contributed by atoms with E-state index in [0.29, 0.717) is 5.69 Å². The van der Waals surface area contributed by atoms with Crippen LogP contribution in [0.5, 0.6) is 0 Å². The van der Waals surface area contributed by atoms with Crippen LogP contribution in [0.4, 0.5) is 5.69 Å². The minimum Gasteiger partial charge on any atom is -0.481 e. The summed E-state index contributed by atoms with van der Waals surface area (Å²) in [7, 11) is -3.18. The Bertz CT molecular complexity index is 507. The molecule has 1 atom stereocenters. The molecule has 0 aliphatic rings. The second-order valence-electron chi connectivity index (χ2n) is 4.07. The van der Waals surface area contributed by atoms with E-state index < -0.39 is 15.8 Å². The standard InChI is InChI=1S/C12H17NO4S/c1-3-18(16,17)11-6-4-10(5-7-11)13-9(2)8-12(14)15/h4-7,9,13H,3,8H2,1-2H3,(H,14,15). The molecule has 0 saturated carbocycles. The topological polar surface area (TPSA) is 83.5 Å². The minimum atomic E-state index is -3.18. The number of hydrogen-bond donors (Lipinski definition) is 2. The number of carboxylic acid groups (broad SMARTS) is 1. The molecule has 0 aliphatic carbocycles. The molecule has 2 N–H and O–H groups in total. The summed E-state index contributed by atoms with van der Waals surface area (Å²) in [5.74, 6) is -0.810. The Morgan fingerprint density at radius 2 is 1.89 bits per heavy atom. The van der Waals surface area contributed by atoms with Gasteiger partial charge in [0.05, 0.1) is 17.1 Å². The maximum absolute atomic E-state index is 11.6. The largest absolute Gasteiger partial charge is 0.481 e. The number of aliphatic carboxylic acids is 1. The van der Waals surface area contributed by atoms with Crippen molar-refractivity contribution < 1.29 is 18.3 Å². The van der Waals surface area contributed by atoms with Gasteiger partial charge in [0.1, 0.15) is 0 Å². The number of carbonyl (C=O) groups is 1. The average molecular weight is 271 g/mol. The van der Waals surface area contributed by atoms with Gasteiger partial charge in [-0.15, -0.1) is 0 Å². The lowest BCUT2D eigenvalue weighted by Gasteiger charge is -2.13. The van der Waals surface area contributed by atoms with Crippen LogP contribution in [0.1, 0.15) is 20.3 Å². The summed E-state index contributed by atoms with van der Waals surface area (Å²) in [6, 6.07) is 6.11.